The number of hydrogen-bond donors (Lipinski definition) is 1. The Kier molecular flexibility index (Phi) is 5.95. The van der Waals surface area contributed by atoms with Crippen LogP contribution in [0.1, 0.15) is 39.1 Å². The van der Waals surface area contributed by atoms with Crippen LogP contribution in [-0.4, -0.2) is 24.0 Å². The molecule has 0 aliphatic heterocycles. The topological polar surface area (TPSA) is 63.2 Å². The van der Waals surface area contributed by atoms with E-state index in [2.05, 4.69) is 5.32 Å². The summed E-state index contributed by atoms with van der Waals surface area (Å²) >= 11 is 0. The molecule has 4 nitrogen and oxygen atoms in total. The number of carbonyl (C=O) groups excluding carboxylic acids is 3. The van der Waals surface area contributed by atoms with E-state index in [0.29, 0.717) is 11.1 Å². The fourth-order valence-electron chi connectivity index (χ4n) is 2.25. The van der Waals surface area contributed by atoms with E-state index < -0.39 is 5.82 Å². The lowest BCUT2D eigenvalue weighted by Gasteiger charge is -2.06. The lowest BCUT2D eigenvalue weighted by molar-refractivity contribution is -0.120. The molecule has 0 spiro atoms. The fourth-order valence-corrected chi connectivity index (χ4v) is 2.25. The van der Waals surface area contributed by atoms with Crippen LogP contribution >= 0.6 is 0 Å². The summed E-state index contributed by atoms with van der Waals surface area (Å²) in [5.74, 6) is -1.21. The fraction of sp³-hybridized carbons (Fsp3) is 0.211. The van der Waals surface area contributed by atoms with Gasteiger partial charge in [-0.2, -0.15) is 0 Å². The van der Waals surface area contributed by atoms with Crippen LogP contribution in [0.4, 0.5) is 4.39 Å². The molecule has 0 saturated heterocycles. The summed E-state index contributed by atoms with van der Waals surface area (Å²) < 4.78 is 12.8. The highest BCUT2D eigenvalue weighted by Gasteiger charge is 2.12. The van der Waals surface area contributed by atoms with Crippen molar-refractivity contribution in [3.8, 4) is 0 Å². The van der Waals surface area contributed by atoms with Crippen molar-refractivity contribution in [1.29, 1.82) is 0 Å². The Balaban J connectivity index is 1.79. The molecule has 24 heavy (non-hydrogen) atoms. The maximum atomic E-state index is 12.8. The number of nitrogens with one attached hydrogen (secondary N) is 1. The minimum Gasteiger partial charge on any atom is -0.349 e. The van der Waals surface area contributed by atoms with Crippen molar-refractivity contribution in [2.45, 2.75) is 19.8 Å². The van der Waals surface area contributed by atoms with Crippen LogP contribution in [0, 0.1) is 12.7 Å². The molecule has 0 aromatic heterocycles. The van der Waals surface area contributed by atoms with Crippen molar-refractivity contribution in [2.24, 2.45) is 0 Å². The summed E-state index contributed by atoms with van der Waals surface area (Å²) in [5.41, 5.74) is 1.80. The van der Waals surface area contributed by atoms with Gasteiger partial charge in [-0.3, -0.25) is 14.4 Å². The molecular formula is C19H18FNO3. The third-order valence-corrected chi connectivity index (χ3v) is 3.64. The Morgan fingerprint density at radius 2 is 1.58 bits per heavy atom. The number of aryl methyl sites for hydroxylation is 1. The normalized spacial score (nSPS) is 10.2. The molecule has 0 heterocycles. The third-order valence-electron chi connectivity index (χ3n) is 3.64. The van der Waals surface area contributed by atoms with Gasteiger partial charge < -0.3 is 5.32 Å². The number of halogens is 1. The van der Waals surface area contributed by atoms with Gasteiger partial charge in [-0.15, -0.1) is 0 Å². The second-order valence-electron chi connectivity index (χ2n) is 5.44. The summed E-state index contributed by atoms with van der Waals surface area (Å²) in [4.78, 5) is 35.7. The van der Waals surface area contributed by atoms with Crippen molar-refractivity contribution in [3.63, 3.8) is 0 Å². The van der Waals surface area contributed by atoms with Crippen LogP contribution < -0.4 is 5.32 Å². The van der Waals surface area contributed by atoms with Crippen molar-refractivity contribution >= 4 is 17.5 Å². The van der Waals surface area contributed by atoms with Gasteiger partial charge in [0.25, 0.3) is 0 Å². The number of Topliss-reactive ketones (excluding diaryl/α,β-unsaturated/α-hetero) is 2. The molecular weight excluding hydrogens is 309 g/mol. The molecule has 0 unspecified atom stereocenters. The van der Waals surface area contributed by atoms with Crippen molar-refractivity contribution < 1.29 is 18.8 Å². The lowest BCUT2D eigenvalue weighted by Crippen LogP contribution is -2.29. The van der Waals surface area contributed by atoms with Gasteiger partial charge in [-0.1, -0.05) is 24.3 Å². The molecule has 2 rings (SSSR count). The van der Waals surface area contributed by atoms with E-state index in [9.17, 15) is 18.8 Å². The molecule has 1 N–H and O–H groups in total. The minimum absolute atomic E-state index is 0.0177. The Labute approximate surface area is 139 Å². The SMILES string of the molecule is Cc1ccccc1C(=O)CCC(=O)NCC(=O)c1ccc(F)cc1. The van der Waals surface area contributed by atoms with Crippen LogP contribution in [0.15, 0.2) is 48.5 Å². The largest absolute Gasteiger partial charge is 0.349 e. The predicted molar refractivity (Wildman–Crippen MR) is 88.5 cm³/mol. The summed E-state index contributed by atoms with van der Waals surface area (Å²) in [5, 5.41) is 2.48. The number of benzene rings is 2. The Morgan fingerprint density at radius 3 is 2.25 bits per heavy atom. The van der Waals surface area contributed by atoms with E-state index in [4.69, 9.17) is 0 Å². The van der Waals surface area contributed by atoms with Crippen molar-refractivity contribution in [3.05, 3.63) is 71.0 Å². The van der Waals surface area contributed by atoms with Crippen LogP contribution in [0.3, 0.4) is 0 Å². The zero-order valence-electron chi connectivity index (χ0n) is 13.3. The van der Waals surface area contributed by atoms with E-state index in [0.717, 1.165) is 5.56 Å². The van der Waals surface area contributed by atoms with Gasteiger partial charge >= 0.3 is 0 Å². The van der Waals surface area contributed by atoms with Gasteiger partial charge in [0.1, 0.15) is 5.82 Å². The molecule has 124 valence electrons. The number of amides is 1. The highest BCUT2D eigenvalue weighted by atomic mass is 19.1. The Bertz CT molecular complexity index is 753. The number of carbonyl (C=O) groups is 3. The third kappa shape index (κ3) is 4.84. The van der Waals surface area contributed by atoms with Gasteiger partial charge in [0.2, 0.25) is 5.91 Å². The molecule has 0 aliphatic rings. The van der Waals surface area contributed by atoms with Crippen LogP contribution in [-0.2, 0) is 4.79 Å². The maximum absolute atomic E-state index is 12.8. The van der Waals surface area contributed by atoms with Crippen LogP contribution in [0.2, 0.25) is 0 Å². The Hall–Kier alpha value is -2.82. The zero-order chi connectivity index (χ0) is 17.5. The van der Waals surface area contributed by atoms with E-state index in [-0.39, 0.29) is 36.9 Å². The maximum Gasteiger partial charge on any atom is 0.220 e. The van der Waals surface area contributed by atoms with Gasteiger partial charge in [-0.05, 0) is 36.8 Å². The minimum atomic E-state index is -0.426. The number of rotatable bonds is 7. The average Bonchev–Trinajstić information content (AvgIpc) is 2.58. The van der Waals surface area contributed by atoms with Crippen molar-refractivity contribution in [2.75, 3.05) is 6.54 Å². The highest BCUT2D eigenvalue weighted by molar-refractivity contribution is 6.01. The van der Waals surface area contributed by atoms with Crippen LogP contribution in [0.5, 0.6) is 0 Å². The van der Waals surface area contributed by atoms with E-state index in [1.807, 2.05) is 19.1 Å². The standard InChI is InChI=1S/C19H18FNO3/c1-13-4-2-3-5-16(13)17(22)10-11-19(24)21-12-18(23)14-6-8-15(20)9-7-14/h2-9H,10-12H2,1H3,(H,21,24). The highest BCUT2D eigenvalue weighted by Crippen LogP contribution is 2.11. The summed E-state index contributed by atoms with van der Waals surface area (Å²) in [6, 6.07) is 12.3. The monoisotopic (exact) mass is 327 g/mol. The van der Waals surface area contributed by atoms with Gasteiger partial charge in [0, 0.05) is 24.0 Å². The summed E-state index contributed by atoms with van der Waals surface area (Å²) in [6.07, 6.45) is 0.102. The first-order valence-electron chi connectivity index (χ1n) is 7.61. The Morgan fingerprint density at radius 1 is 0.917 bits per heavy atom. The molecule has 1 amide bonds. The number of ketones is 2. The second-order valence-corrected chi connectivity index (χ2v) is 5.44. The molecule has 0 radical (unpaired) electrons. The molecule has 0 saturated carbocycles. The average molecular weight is 327 g/mol. The zero-order valence-corrected chi connectivity index (χ0v) is 13.3. The smallest absolute Gasteiger partial charge is 0.220 e. The molecule has 0 aliphatic carbocycles. The molecule has 0 bridgehead atoms. The van der Waals surface area contributed by atoms with Crippen molar-refractivity contribution in [1.82, 2.24) is 5.32 Å². The predicted octanol–water partition coefficient (Wildman–Crippen LogP) is 3.10. The second kappa shape index (κ2) is 8.15. The van der Waals surface area contributed by atoms with E-state index in [1.54, 1.807) is 12.1 Å². The first kappa shape index (κ1) is 17.5. The first-order chi connectivity index (χ1) is 11.5. The molecule has 2 aromatic carbocycles. The van der Waals surface area contributed by atoms with Gasteiger partial charge in [0.05, 0.1) is 6.54 Å². The first-order valence-corrected chi connectivity index (χ1v) is 7.61. The van der Waals surface area contributed by atoms with Gasteiger partial charge in [-0.25, -0.2) is 4.39 Å². The molecule has 0 atom stereocenters. The quantitative estimate of drug-likeness (QED) is 0.795. The van der Waals surface area contributed by atoms with Gasteiger partial charge in [0.15, 0.2) is 11.6 Å². The molecule has 0 fully saturated rings. The van der Waals surface area contributed by atoms with E-state index >= 15 is 0 Å². The summed E-state index contributed by atoms with van der Waals surface area (Å²) in [7, 11) is 0. The van der Waals surface area contributed by atoms with Crippen LogP contribution in [0.25, 0.3) is 0 Å². The van der Waals surface area contributed by atoms with E-state index in [1.165, 1.54) is 24.3 Å². The molecule has 2 aromatic rings. The lowest BCUT2D eigenvalue weighted by atomic mass is 10.0. The number of hydrogen-bond acceptors (Lipinski definition) is 3. The summed E-state index contributed by atoms with van der Waals surface area (Å²) in [6.45, 7) is 1.66. The molecule has 5 heteroatoms.